The van der Waals surface area contributed by atoms with Crippen LogP contribution in [0, 0.1) is 6.92 Å². The van der Waals surface area contributed by atoms with Gasteiger partial charge in [-0.15, -0.1) is 0 Å². The summed E-state index contributed by atoms with van der Waals surface area (Å²) >= 11 is 0. The standard InChI is InChI=1S/C13H18N2O2/c1-9-3-4-11(14)10(7-9)12(17)15-13(8-16)5-2-6-13/h3-4,7,16H,2,5-6,8,14H2,1H3,(H,15,17). The van der Waals surface area contributed by atoms with Crippen LogP contribution in [0.4, 0.5) is 5.69 Å². The molecule has 4 N–H and O–H groups in total. The number of nitrogens with two attached hydrogens (primary N) is 1. The molecular formula is C13H18N2O2. The third kappa shape index (κ3) is 2.26. The van der Waals surface area contributed by atoms with Gasteiger partial charge < -0.3 is 16.2 Å². The maximum atomic E-state index is 12.1. The van der Waals surface area contributed by atoms with Crippen molar-refractivity contribution in [2.75, 3.05) is 12.3 Å². The molecular weight excluding hydrogens is 216 g/mol. The lowest BCUT2D eigenvalue weighted by molar-refractivity contribution is 0.0642. The molecule has 1 aliphatic carbocycles. The van der Waals surface area contributed by atoms with Gasteiger partial charge in [-0.2, -0.15) is 0 Å². The van der Waals surface area contributed by atoms with Gasteiger partial charge in [0, 0.05) is 5.69 Å². The van der Waals surface area contributed by atoms with E-state index < -0.39 is 5.54 Å². The van der Waals surface area contributed by atoms with Crippen molar-refractivity contribution < 1.29 is 9.90 Å². The molecule has 1 aliphatic rings. The summed E-state index contributed by atoms with van der Waals surface area (Å²) in [5.74, 6) is -0.194. The van der Waals surface area contributed by atoms with Gasteiger partial charge in [0.15, 0.2) is 0 Å². The normalized spacial score (nSPS) is 17.3. The average molecular weight is 234 g/mol. The second kappa shape index (κ2) is 4.37. The Hall–Kier alpha value is -1.55. The average Bonchev–Trinajstić information content (AvgIpc) is 2.26. The van der Waals surface area contributed by atoms with Crippen LogP contribution >= 0.6 is 0 Å². The topological polar surface area (TPSA) is 75.4 Å². The van der Waals surface area contributed by atoms with Crippen molar-refractivity contribution in [1.29, 1.82) is 0 Å². The smallest absolute Gasteiger partial charge is 0.253 e. The zero-order valence-electron chi connectivity index (χ0n) is 9.99. The summed E-state index contributed by atoms with van der Waals surface area (Å²) < 4.78 is 0. The van der Waals surface area contributed by atoms with Crippen molar-refractivity contribution in [2.45, 2.75) is 31.7 Å². The molecule has 0 aliphatic heterocycles. The van der Waals surface area contributed by atoms with Gasteiger partial charge in [0.25, 0.3) is 5.91 Å². The van der Waals surface area contributed by atoms with Gasteiger partial charge in [0.1, 0.15) is 0 Å². The van der Waals surface area contributed by atoms with Crippen LogP contribution in [0.15, 0.2) is 18.2 Å². The summed E-state index contributed by atoms with van der Waals surface area (Å²) in [6, 6.07) is 5.38. The molecule has 92 valence electrons. The first-order valence-electron chi connectivity index (χ1n) is 5.86. The largest absolute Gasteiger partial charge is 0.398 e. The number of hydrogen-bond donors (Lipinski definition) is 3. The molecule has 0 aromatic heterocycles. The van der Waals surface area contributed by atoms with Gasteiger partial charge in [-0.05, 0) is 38.3 Å². The van der Waals surface area contributed by atoms with E-state index in [2.05, 4.69) is 5.32 Å². The van der Waals surface area contributed by atoms with Gasteiger partial charge in [-0.3, -0.25) is 4.79 Å². The minimum atomic E-state index is -0.423. The molecule has 4 nitrogen and oxygen atoms in total. The summed E-state index contributed by atoms with van der Waals surface area (Å²) in [5, 5.41) is 12.2. The third-order valence-electron chi connectivity index (χ3n) is 3.45. The number of hydrogen-bond acceptors (Lipinski definition) is 3. The van der Waals surface area contributed by atoms with Crippen LogP contribution in [-0.4, -0.2) is 23.2 Å². The minimum absolute atomic E-state index is 0.00946. The van der Waals surface area contributed by atoms with Crippen molar-refractivity contribution in [3.05, 3.63) is 29.3 Å². The molecule has 1 aromatic rings. The zero-order chi connectivity index (χ0) is 12.5. The number of rotatable bonds is 3. The molecule has 1 aromatic carbocycles. The molecule has 4 heteroatoms. The molecule has 0 radical (unpaired) electrons. The van der Waals surface area contributed by atoms with E-state index in [9.17, 15) is 9.90 Å². The number of carbonyl (C=O) groups is 1. The van der Waals surface area contributed by atoms with Crippen molar-refractivity contribution in [1.82, 2.24) is 5.32 Å². The Kier molecular flexibility index (Phi) is 3.07. The second-order valence-electron chi connectivity index (χ2n) is 4.84. The predicted octanol–water partition coefficient (Wildman–Crippen LogP) is 1.22. The Morgan fingerprint density at radius 2 is 2.24 bits per heavy atom. The number of anilines is 1. The molecule has 0 saturated heterocycles. The van der Waals surface area contributed by atoms with Crippen LogP contribution in [0.25, 0.3) is 0 Å². The van der Waals surface area contributed by atoms with Crippen LogP contribution < -0.4 is 11.1 Å². The quantitative estimate of drug-likeness (QED) is 0.688. The number of aliphatic hydroxyl groups is 1. The molecule has 0 atom stereocenters. The number of aliphatic hydroxyl groups excluding tert-OH is 1. The number of nitrogen functional groups attached to an aromatic ring is 1. The summed E-state index contributed by atoms with van der Waals surface area (Å²) in [6.07, 6.45) is 2.71. The van der Waals surface area contributed by atoms with E-state index in [1.165, 1.54) is 0 Å². The van der Waals surface area contributed by atoms with Crippen molar-refractivity contribution in [2.24, 2.45) is 0 Å². The van der Waals surface area contributed by atoms with Gasteiger partial charge in [-0.25, -0.2) is 0 Å². The molecule has 0 heterocycles. The maximum Gasteiger partial charge on any atom is 0.253 e. The lowest BCUT2D eigenvalue weighted by Gasteiger charge is -2.41. The summed E-state index contributed by atoms with van der Waals surface area (Å²) in [4.78, 5) is 12.1. The highest BCUT2D eigenvalue weighted by Crippen LogP contribution is 2.31. The number of carbonyl (C=O) groups excluding carboxylic acids is 1. The van der Waals surface area contributed by atoms with E-state index in [1.54, 1.807) is 12.1 Å². The molecule has 0 spiro atoms. The van der Waals surface area contributed by atoms with Crippen molar-refractivity contribution >= 4 is 11.6 Å². The first-order chi connectivity index (χ1) is 8.06. The molecule has 17 heavy (non-hydrogen) atoms. The van der Waals surface area contributed by atoms with E-state index in [4.69, 9.17) is 5.73 Å². The van der Waals surface area contributed by atoms with E-state index in [-0.39, 0.29) is 12.5 Å². The van der Waals surface area contributed by atoms with Crippen LogP contribution in [0.2, 0.25) is 0 Å². The highest BCUT2D eigenvalue weighted by molar-refractivity contribution is 5.99. The van der Waals surface area contributed by atoms with Crippen molar-refractivity contribution in [3.8, 4) is 0 Å². The highest BCUT2D eigenvalue weighted by atomic mass is 16.3. The second-order valence-corrected chi connectivity index (χ2v) is 4.84. The predicted molar refractivity (Wildman–Crippen MR) is 66.7 cm³/mol. The number of aryl methyl sites for hydroxylation is 1. The fourth-order valence-electron chi connectivity index (χ4n) is 2.10. The Morgan fingerprint density at radius 1 is 1.53 bits per heavy atom. The van der Waals surface area contributed by atoms with Gasteiger partial charge in [-0.1, -0.05) is 11.6 Å². The Bertz CT molecular complexity index is 434. The Labute approximate surface area is 101 Å². The molecule has 1 amide bonds. The van der Waals surface area contributed by atoms with Gasteiger partial charge in [0.2, 0.25) is 0 Å². The Morgan fingerprint density at radius 3 is 2.76 bits per heavy atom. The van der Waals surface area contributed by atoms with Crippen molar-refractivity contribution in [3.63, 3.8) is 0 Å². The first kappa shape index (κ1) is 11.9. The van der Waals surface area contributed by atoms with Gasteiger partial charge >= 0.3 is 0 Å². The molecule has 1 saturated carbocycles. The fourth-order valence-corrected chi connectivity index (χ4v) is 2.10. The summed E-state index contributed by atoms with van der Waals surface area (Å²) in [5.41, 5.74) is 7.32. The van der Waals surface area contributed by atoms with Crippen LogP contribution in [0.3, 0.4) is 0 Å². The zero-order valence-corrected chi connectivity index (χ0v) is 9.99. The van der Waals surface area contributed by atoms with E-state index in [1.807, 2.05) is 13.0 Å². The number of benzene rings is 1. The minimum Gasteiger partial charge on any atom is -0.398 e. The number of nitrogens with one attached hydrogen (secondary N) is 1. The molecule has 0 bridgehead atoms. The fraction of sp³-hybridized carbons (Fsp3) is 0.462. The maximum absolute atomic E-state index is 12.1. The number of amides is 1. The van der Waals surface area contributed by atoms with E-state index >= 15 is 0 Å². The van der Waals surface area contributed by atoms with Crippen LogP contribution in [0.5, 0.6) is 0 Å². The lowest BCUT2D eigenvalue weighted by Crippen LogP contribution is -2.56. The summed E-state index contributed by atoms with van der Waals surface area (Å²) in [7, 11) is 0. The SMILES string of the molecule is Cc1ccc(N)c(C(=O)NC2(CO)CCC2)c1. The first-order valence-corrected chi connectivity index (χ1v) is 5.86. The van der Waals surface area contributed by atoms with E-state index in [0.29, 0.717) is 11.3 Å². The lowest BCUT2D eigenvalue weighted by atomic mass is 9.77. The molecule has 0 unspecified atom stereocenters. The van der Waals surface area contributed by atoms with E-state index in [0.717, 1.165) is 24.8 Å². The third-order valence-corrected chi connectivity index (χ3v) is 3.45. The highest BCUT2D eigenvalue weighted by Gasteiger charge is 2.38. The molecule has 1 fully saturated rings. The summed E-state index contributed by atoms with van der Waals surface area (Å²) in [6.45, 7) is 1.91. The van der Waals surface area contributed by atoms with Crippen LogP contribution in [-0.2, 0) is 0 Å². The van der Waals surface area contributed by atoms with Gasteiger partial charge in [0.05, 0.1) is 17.7 Å². The Balaban J connectivity index is 2.17. The van der Waals surface area contributed by atoms with Crippen LogP contribution in [0.1, 0.15) is 35.2 Å². The molecule has 2 rings (SSSR count). The monoisotopic (exact) mass is 234 g/mol.